The van der Waals surface area contributed by atoms with E-state index in [-0.39, 0.29) is 0 Å². The van der Waals surface area contributed by atoms with E-state index in [1.807, 2.05) is 25.1 Å². The molecule has 0 aliphatic carbocycles. The van der Waals surface area contributed by atoms with Crippen LogP contribution in [0.25, 0.3) is 0 Å². The van der Waals surface area contributed by atoms with Crippen LogP contribution in [0.2, 0.25) is 0 Å². The molecule has 118 valence electrons. The number of nitrogens with one attached hydrogen (secondary N) is 2. The number of hydrogen-bond acceptors (Lipinski definition) is 4. The number of guanidine groups is 1. The van der Waals surface area contributed by atoms with Crippen molar-refractivity contribution in [1.82, 2.24) is 5.32 Å². The lowest BCUT2D eigenvalue weighted by Crippen LogP contribution is -2.30. The average Bonchev–Trinajstić information content (AvgIpc) is 3.05. The highest BCUT2D eigenvalue weighted by atomic mass is 32.1. The molecule has 1 aromatic heterocycles. The quantitative estimate of drug-likeness (QED) is 0.633. The summed E-state index contributed by atoms with van der Waals surface area (Å²) >= 11 is 1.68. The van der Waals surface area contributed by atoms with Crippen LogP contribution in [-0.2, 0) is 6.54 Å². The fourth-order valence-corrected chi connectivity index (χ4v) is 2.59. The Labute approximate surface area is 135 Å². The highest BCUT2D eigenvalue weighted by molar-refractivity contribution is 7.07. The Morgan fingerprint density at radius 3 is 2.77 bits per heavy atom. The Morgan fingerprint density at radius 2 is 2.14 bits per heavy atom. The van der Waals surface area contributed by atoms with Gasteiger partial charge in [-0.1, -0.05) is 0 Å². The van der Waals surface area contributed by atoms with Gasteiger partial charge in [0, 0.05) is 25.3 Å². The number of benzene rings is 1. The zero-order valence-corrected chi connectivity index (χ0v) is 13.9. The number of ether oxygens (including phenoxy) is 2. The Bertz CT molecular complexity index is 612. The highest BCUT2D eigenvalue weighted by Gasteiger charge is 2.07. The van der Waals surface area contributed by atoms with E-state index in [2.05, 4.69) is 32.5 Å². The second kappa shape index (κ2) is 8.29. The molecule has 0 saturated heterocycles. The van der Waals surface area contributed by atoms with Gasteiger partial charge in [0.1, 0.15) is 0 Å². The van der Waals surface area contributed by atoms with E-state index >= 15 is 0 Å². The van der Waals surface area contributed by atoms with Crippen molar-refractivity contribution in [2.75, 3.05) is 26.1 Å². The predicted molar refractivity (Wildman–Crippen MR) is 92.3 cm³/mol. The SMILES string of the molecule is CCOc1cc(NC(=NC)NCc2ccsc2)ccc1OC. The van der Waals surface area contributed by atoms with E-state index < -0.39 is 0 Å². The van der Waals surface area contributed by atoms with Gasteiger partial charge in [-0.2, -0.15) is 11.3 Å². The van der Waals surface area contributed by atoms with Gasteiger partial charge in [-0.25, -0.2) is 0 Å². The molecule has 2 aromatic rings. The molecule has 0 saturated carbocycles. The maximum Gasteiger partial charge on any atom is 0.195 e. The molecule has 6 heteroatoms. The Kier molecular flexibility index (Phi) is 6.09. The molecule has 0 bridgehead atoms. The van der Waals surface area contributed by atoms with Gasteiger partial charge in [-0.05, 0) is 41.4 Å². The Morgan fingerprint density at radius 1 is 1.27 bits per heavy atom. The monoisotopic (exact) mass is 319 g/mol. The van der Waals surface area contributed by atoms with Crippen molar-refractivity contribution < 1.29 is 9.47 Å². The third-order valence-electron chi connectivity index (χ3n) is 2.99. The first-order valence-electron chi connectivity index (χ1n) is 7.06. The first kappa shape index (κ1) is 16.2. The smallest absolute Gasteiger partial charge is 0.195 e. The number of thiophene rings is 1. The van der Waals surface area contributed by atoms with E-state index in [0.717, 1.165) is 12.2 Å². The molecule has 22 heavy (non-hydrogen) atoms. The van der Waals surface area contributed by atoms with Gasteiger partial charge in [0.25, 0.3) is 0 Å². The summed E-state index contributed by atoms with van der Waals surface area (Å²) in [6.45, 7) is 3.27. The molecule has 1 heterocycles. The molecule has 0 amide bonds. The van der Waals surface area contributed by atoms with E-state index in [1.165, 1.54) is 5.56 Å². The fraction of sp³-hybridized carbons (Fsp3) is 0.312. The Hall–Kier alpha value is -2.21. The number of aliphatic imine (C=N–C) groups is 1. The minimum absolute atomic E-state index is 0.588. The molecular formula is C16H21N3O2S. The van der Waals surface area contributed by atoms with Gasteiger partial charge in [-0.3, -0.25) is 4.99 Å². The van der Waals surface area contributed by atoms with Gasteiger partial charge < -0.3 is 20.1 Å². The number of methoxy groups -OCH3 is 1. The molecular weight excluding hydrogens is 298 g/mol. The van der Waals surface area contributed by atoms with Crippen molar-refractivity contribution in [1.29, 1.82) is 0 Å². The molecule has 2 rings (SSSR count). The summed E-state index contributed by atoms with van der Waals surface area (Å²) in [5.41, 5.74) is 2.13. The first-order chi connectivity index (χ1) is 10.8. The zero-order valence-electron chi connectivity index (χ0n) is 13.1. The van der Waals surface area contributed by atoms with E-state index in [0.29, 0.717) is 24.1 Å². The molecule has 0 aliphatic rings. The Balaban J connectivity index is 2.02. The molecule has 2 N–H and O–H groups in total. The normalized spacial score (nSPS) is 11.1. The summed E-state index contributed by atoms with van der Waals surface area (Å²) in [5, 5.41) is 10.7. The molecule has 0 fully saturated rings. The maximum absolute atomic E-state index is 5.58. The van der Waals surface area contributed by atoms with Crippen LogP contribution in [0.1, 0.15) is 12.5 Å². The van der Waals surface area contributed by atoms with E-state index in [1.54, 1.807) is 25.5 Å². The summed E-state index contributed by atoms with van der Waals surface area (Å²) in [6.07, 6.45) is 0. The number of rotatable bonds is 6. The van der Waals surface area contributed by atoms with E-state index in [4.69, 9.17) is 9.47 Å². The summed E-state index contributed by atoms with van der Waals surface area (Å²) in [7, 11) is 3.38. The third kappa shape index (κ3) is 4.39. The van der Waals surface area contributed by atoms with Crippen LogP contribution < -0.4 is 20.1 Å². The lowest BCUT2D eigenvalue weighted by molar-refractivity contribution is 0.311. The van der Waals surface area contributed by atoms with Gasteiger partial charge in [0.2, 0.25) is 0 Å². The van der Waals surface area contributed by atoms with Crippen molar-refractivity contribution in [2.45, 2.75) is 13.5 Å². The van der Waals surface area contributed by atoms with Crippen LogP contribution in [-0.4, -0.2) is 26.7 Å². The van der Waals surface area contributed by atoms with Gasteiger partial charge in [0.05, 0.1) is 13.7 Å². The molecule has 0 atom stereocenters. The summed E-state index contributed by atoms with van der Waals surface area (Å²) in [5.74, 6) is 2.13. The fourth-order valence-electron chi connectivity index (χ4n) is 1.92. The topological polar surface area (TPSA) is 54.9 Å². The number of hydrogen-bond donors (Lipinski definition) is 2. The molecule has 1 aromatic carbocycles. The summed E-state index contributed by atoms with van der Waals surface area (Å²) in [4.78, 5) is 4.23. The van der Waals surface area contributed by atoms with Crippen LogP contribution in [0.15, 0.2) is 40.0 Å². The van der Waals surface area contributed by atoms with Gasteiger partial charge in [0.15, 0.2) is 17.5 Å². The third-order valence-corrected chi connectivity index (χ3v) is 3.72. The second-order valence-corrected chi connectivity index (χ2v) is 5.26. The molecule has 5 nitrogen and oxygen atoms in total. The first-order valence-corrected chi connectivity index (χ1v) is 8.00. The van der Waals surface area contributed by atoms with Crippen molar-refractivity contribution in [3.63, 3.8) is 0 Å². The number of nitrogens with zero attached hydrogens (tertiary/aromatic N) is 1. The van der Waals surface area contributed by atoms with Crippen LogP contribution >= 0.6 is 11.3 Å². The van der Waals surface area contributed by atoms with Crippen LogP contribution in [0.3, 0.4) is 0 Å². The van der Waals surface area contributed by atoms with Crippen LogP contribution in [0.5, 0.6) is 11.5 Å². The predicted octanol–water partition coefficient (Wildman–Crippen LogP) is 3.34. The number of anilines is 1. The molecule has 0 spiro atoms. The van der Waals surface area contributed by atoms with Crippen molar-refractivity contribution >= 4 is 23.0 Å². The van der Waals surface area contributed by atoms with Crippen molar-refractivity contribution in [3.8, 4) is 11.5 Å². The minimum atomic E-state index is 0.588. The van der Waals surface area contributed by atoms with Gasteiger partial charge in [-0.15, -0.1) is 0 Å². The van der Waals surface area contributed by atoms with Crippen molar-refractivity contribution in [3.05, 3.63) is 40.6 Å². The largest absolute Gasteiger partial charge is 0.493 e. The van der Waals surface area contributed by atoms with Crippen LogP contribution in [0, 0.1) is 0 Å². The van der Waals surface area contributed by atoms with Gasteiger partial charge >= 0.3 is 0 Å². The lowest BCUT2D eigenvalue weighted by atomic mass is 10.2. The second-order valence-electron chi connectivity index (χ2n) is 4.48. The zero-order chi connectivity index (χ0) is 15.8. The average molecular weight is 319 g/mol. The highest BCUT2D eigenvalue weighted by Crippen LogP contribution is 2.30. The standard InChI is InChI=1S/C16H21N3O2S/c1-4-21-15-9-13(5-6-14(15)20-3)19-16(17-2)18-10-12-7-8-22-11-12/h5-9,11H,4,10H2,1-3H3,(H2,17,18,19). The maximum atomic E-state index is 5.58. The van der Waals surface area contributed by atoms with Crippen LogP contribution in [0.4, 0.5) is 5.69 Å². The van der Waals surface area contributed by atoms with E-state index in [9.17, 15) is 0 Å². The van der Waals surface area contributed by atoms with Crippen molar-refractivity contribution in [2.24, 2.45) is 4.99 Å². The summed E-state index contributed by atoms with van der Waals surface area (Å²) < 4.78 is 10.9. The molecule has 0 radical (unpaired) electrons. The minimum Gasteiger partial charge on any atom is -0.493 e. The lowest BCUT2D eigenvalue weighted by Gasteiger charge is -2.14. The summed E-state index contributed by atoms with van der Waals surface area (Å²) in [6, 6.07) is 7.80. The molecule has 0 unspecified atom stereocenters. The molecule has 0 aliphatic heterocycles.